The summed E-state index contributed by atoms with van der Waals surface area (Å²) in [4.78, 5) is 14.5. The van der Waals surface area contributed by atoms with Crippen LogP contribution in [0.2, 0.25) is 0 Å². The highest BCUT2D eigenvalue weighted by atomic mass is 32.2. The maximum Gasteiger partial charge on any atom is 0.277 e. The minimum Gasteiger partial charge on any atom is -0.411 e. The van der Waals surface area contributed by atoms with Gasteiger partial charge in [0.2, 0.25) is 15.9 Å². The van der Waals surface area contributed by atoms with Crippen molar-refractivity contribution in [3.8, 4) is 11.5 Å². The first kappa shape index (κ1) is 23.5. The Hall–Kier alpha value is -3.28. The molecular formula is C24H21FN4O4S2. The topological polar surface area (TPSA) is 96.6 Å². The molecule has 3 aromatic carbocycles. The van der Waals surface area contributed by atoms with E-state index in [0.29, 0.717) is 0 Å². The van der Waals surface area contributed by atoms with Gasteiger partial charge in [-0.25, -0.2) is 12.8 Å². The number of nitrogens with zero attached hydrogens (tertiary/aromatic N) is 4. The van der Waals surface area contributed by atoms with Gasteiger partial charge in [-0.3, -0.25) is 4.79 Å². The van der Waals surface area contributed by atoms with Crippen LogP contribution >= 0.6 is 11.8 Å². The third-order valence-corrected chi connectivity index (χ3v) is 8.48. The lowest BCUT2D eigenvalue weighted by Gasteiger charge is -2.34. The predicted octanol–water partition coefficient (Wildman–Crippen LogP) is 3.65. The molecule has 0 unspecified atom stereocenters. The standard InChI is InChI=1S/C24H21FN4O4S2/c25-21-8-4-3-7-20(21)23-26-27-24(33-23)34-16-22(30)28-11-13-29(14-12-28)35(31,32)19-10-9-17-5-1-2-6-18(17)15-19/h1-10,15H,11-14,16H2. The summed E-state index contributed by atoms with van der Waals surface area (Å²) in [5, 5.41) is 9.71. The van der Waals surface area contributed by atoms with Gasteiger partial charge >= 0.3 is 0 Å². The van der Waals surface area contributed by atoms with E-state index >= 15 is 0 Å². The fourth-order valence-electron chi connectivity index (χ4n) is 3.88. The zero-order valence-electron chi connectivity index (χ0n) is 18.5. The number of hydrogen-bond donors (Lipinski definition) is 0. The first-order valence-corrected chi connectivity index (χ1v) is 13.3. The molecule has 1 aliphatic heterocycles. The summed E-state index contributed by atoms with van der Waals surface area (Å²) in [6, 6.07) is 18.8. The van der Waals surface area contributed by atoms with Crippen molar-refractivity contribution in [1.29, 1.82) is 0 Å². The molecule has 4 aromatic rings. The number of sulfonamides is 1. The summed E-state index contributed by atoms with van der Waals surface area (Å²) in [7, 11) is -3.66. The molecule has 1 saturated heterocycles. The van der Waals surface area contributed by atoms with Crippen LogP contribution in [0.4, 0.5) is 4.39 Å². The number of carbonyl (C=O) groups excluding carboxylic acids is 1. The first-order valence-electron chi connectivity index (χ1n) is 10.9. The SMILES string of the molecule is O=C(CSc1nnc(-c2ccccc2F)o1)N1CCN(S(=O)(=O)c2ccc3ccccc3c2)CC1. The van der Waals surface area contributed by atoms with E-state index in [4.69, 9.17) is 4.42 Å². The van der Waals surface area contributed by atoms with Crippen molar-refractivity contribution in [2.75, 3.05) is 31.9 Å². The fraction of sp³-hybridized carbons (Fsp3) is 0.208. The quantitative estimate of drug-likeness (QED) is 0.364. The molecule has 0 atom stereocenters. The van der Waals surface area contributed by atoms with Gasteiger partial charge in [0.05, 0.1) is 16.2 Å². The number of rotatable bonds is 6. The van der Waals surface area contributed by atoms with Crippen molar-refractivity contribution in [3.63, 3.8) is 0 Å². The van der Waals surface area contributed by atoms with Crippen LogP contribution in [0.5, 0.6) is 0 Å². The number of hydrogen-bond acceptors (Lipinski definition) is 7. The molecule has 0 radical (unpaired) electrons. The lowest BCUT2D eigenvalue weighted by atomic mass is 10.1. The van der Waals surface area contributed by atoms with Crippen LogP contribution in [0.3, 0.4) is 0 Å². The molecule has 1 aromatic heterocycles. The molecule has 1 fully saturated rings. The van der Waals surface area contributed by atoms with Crippen LogP contribution in [0, 0.1) is 5.82 Å². The molecule has 2 heterocycles. The van der Waals surface area contributed by atoms with Gasteiger partial charge in [0, 0.05) is 26.2 Å². The maximum atomic E-state index is 13.9. The Kier molecular flexibility index (Phi) is 6.54. The molecule has 0 spiro atoms. The van der Waals surface area contributed by atoms with E-state index in [9.17, 15) is 17.6 Å². The Morgan fingerprint density at radius 1 is 0.943 bits per heavy atom. The smallest absolute Gasteiger partial charge is 0.277 e. The number of halogens is 1. The third kappa shape index (κ3) is 4.93. The van der Waals surface area contributed by atoms with Gasteiger partial charge in [-0.1, -0.05) is 54.2 Å². The van der Waals surface area contributed by atoms with Crippen molar-refractivity contribution < 1.29 is 22.0 Å². The summed E-state index contributed by atoms with van der Waals surface area (Å²) in [5.74, 6) is -0.537. The summed E-state index contributed by atoms with van der Waals surface area (Å²) in [5.41, 5.74) is 0.196. The molecule has 0 bridgehead atoms. The van der Waals surface area contributed by atoms with Crippen molar-refractivity contribution in [1.82, 2.24) is 19.4 Å². The highest BCUT2D eigenvalue weighted by Gasteiger charge is 2.30. The van der Waals surface area contributed by atoms with Crippen LogP contribution < -0.4 is 0 Å². The Balaban J connectivity index is 1.17. The molecule has 1 aliphatic rings. The van der Waals surface area contributed by atoms with Crippen molar-refractivity contribution in [3.05, 3.63) is 72.5 Å². The van der Waals surface area contributed by atoms with E-state index in [1.807, 2.05) is 24.3 Å². The summed E-state index contributed by atoms with van der Waals surface area (Å²) in [6.45, 7) is 1.00. The van der Waals surface area contributed by atoms with E-state index in [1.54, 1.807) is 35.2 Å². The van der Waals surface area contributed by atoms with Gasteiger partial charge in [-0.2, -0.15) is 4.31 Å². The molecule has 5 rings (SSSR count). The van der Waals surface area contributed by atoms with Gasteiger partial charge < -0.3 is 9.32 Å². The largest absolute Gasteiger partial charge is 0.411 e. The highest BCUT2D eigenvalue weighted by Crippen LogP contribution is 2.26. The molecule has 0 N–H and O–H groups in total. The summed E-state index contributed by atoms with van der Waals surface area (Å²) < 4.78 is 47.0. The van der Waals surface area contributed by atoms with E-state index in [2.05, 4.69) is 10.2 Å². The monoisotopic (exact) mass is 512 g/mol. The Morgan fingerprint density at radius 3 is 2.43 bits per heavy atom. The molecule has 11 heteroatoms. The van der Waals surface area contributed by atoms with Crippen LogP contribution in [-0.2, 0) is 14.8 Å². The second-order valence-electron chi connectivity index (χ2n) is 7.94. The van der Waals surface area contributed by atoms with Crippen LogP contribution in [0.25, 0.3) is 22.2 Å². The molecule has 0 aliphatic carbocycles. The molecule has 0 saturated carbocycles. The molecule has 8 nitrogen and oxygen atoms in total. The van der Waals surface area contributed by atoms with Crippen LogP contribution in [0.1, 0.15) is 0 Å². The number of carbonyl (C=O) groups is 1. The average molecular weight is 513 g/mol. The lowest BCUT2D eigenvalue weighted by molar-refractivity contribution is -0.129. The Labute approximate surface area is 205 Å². The van der Waals surface area contributed by atoms with E-state index < -0.39 is 15.8 Å². The Morgan fingerprint density at radius 2 is 1.66 bits per heavy atom. The zero-order valence-corrected chi connectivity index (χ0v) is 20.1. The van der Waals surface area contributed by atoms with Crippen LogP contribution in [-0.4, -0.2) is 65.7 Å². The second-order valence-corrected chi connectivity index (χ2v) is 10.8. The van der Waals surface area contributed by atoms with Gasteiger partial charge in [0.25, 0.3) is 11.1 Å². The predicted molar refractivity (Wildman–Crippen MR) is 130 cm³/mol. The highest BCUT2D eigenvalue weighted by molar-refractivity contribution is 7.99. The minimum absolute atomic E-state index is 0.0468. The number of piperazine rings is 1. The Bertz CT molecular complexity index is 1480. The normalized spacial score (nSPS) is 14.9. The van der Waals surface area contributed by atoms with Crippen molar-refractivity contribution in [2.24, 2.45) is 0 Å². The van der Waals surface area contributed by atoms with Gasteiger partial charge in [-0.05, 0) is 35.0 Å². The van der Waals surface area contributed by atoms with E-state index in [1.165, 1.54) is 16.4 Å². The number of aromatic nitrogens is 2. The first-order chi connectivity index (χ1) is 16.9. The molecule has 35 heavy (non-hydrogen) atoms. The average Bonchev–Trinajstić information content (AvgIpc) is 3.36. The molecule has 1 amide bonds. The third-order valence-electron chi connectivity index (χ3n) is 5.78. The maximum absolute atomic E-state index is 13.9. The van der Waals surface area contributed by atoms with Gasteiger partial charge in [0.15, 0.2) is 0 Å². The van der Waals surface area contributed by atoms with Crippen molar-refractivity contribution in [2.45, 2.75) is 10.1 Å². The van der Waals surface area contributed by atoms with Crippen LogP contribution in [0.15, 0.2) is 81.3 Å². The minimum atomic E-state index is -3.66. The summed E-state index contributed by atoms with van der Waals surface area (Å²) >= 11 is 1.06. The number of benzene rings is 3. The number of thioether (sulfide) groups is 1. The molecular weight excluding hydrogens is 491 g/mol. The van der Waals surface area contributed by atoms with Gasteiger partial charge in [-0.15, -0.1) is 10.2 Å². The van der Waals surface area contributed by atoms with Crippen molar-refractivity contribution >= 4 is 38.5 Å². The van der Waals surface area contributed by atoms with E-state index in [0.717, 1.165) is 22.5 Å². The lowest BCUT2D eigenvalue weighted by Crippen LogP contribution is -2.50. The zero-order chi connectivity index (χ0) is 24.4. The van der Waals surface area contributed by atoms with E-state index in [-0.39, 0.29) is 59.4 Å². The number of fused-ring (bicyclic) bond motifs is 1. The summed E-state index contributed by atoms with van der Waals surface area (Å²) in [6.07, 6.45) is 0. The molecule has 180 valence electrons. The second kappa shape index (κ2) is 9.76. The number of amides is 1. The fourth-order valence-corrected chi connectivity index (χ4v) is 6.01. The van der Waals surface area contributed by atoms with Gasteiger partial charge in [0.1, 0.15) is 5.82 Å².